The lowest BCUT2D eigenvalue weighted by Crippen LogP contribution is -2.37. The number of rotatable bonds is 2. The first-order valence-corrected chi connectivity index (χ1v) is 8.66. The van der Waals surface area contributed by atoms with Crippen LogP contribution in [0.5, 0.6) is 0 Å². The molecule has 8 heteroatoms. The Morgan fingerprint density at radius 3 is 2.68 bits per heavy atom. The van der Waals surface area contributed by atoms with Crippen molar-refractivity contribution in [2.75, 3.05) is 13.1 Å². The maximum Gasteiger partial charge on any atom is 0.410 e. The predicted molar refractivity (Wildman–Crippen MR) is 80.2 cm³/mol. The highest BCUT2D eigenvalue weighted by molar-refractivity contribution is 7.91. The zero-order valence-electron chi connectivity index (χ0n) is 13.2. The molecule has 0 N–H and O–H groups in total. The molecule has 1 aromatic heterocycles. The predicted octanol–water partition coefficient (Wildman–Crippen LogP) is 1.57. The van der Waals surface area contributed by atoms with Gasteiger partial charge in [-0.2, -0.15) is 0 Å². The van der Waals surface area contributed by atoms with Gasteiger partial charge in [0.2, 0.25) is 15.0 Å². The molecule has 22 heavy (non-hydrogen) atoms. The molecule has 1 unspecified atom stereocenters. The molecule has 1 aliphatic heterocycles. The molecule has 1 atom stereocenters. The van der Waals surface area contributed by atoms with Crippen molar-refractivity contribution in [1.82, 2.24) is 14.9 Å². The fourth-order valence-corrected chi connectivity index (χ4v) is 3.75. The number of hydrogen-bond acceptors (Lipinski definition) is 6. The van der Waals surface area contributed by atoms with Crippen LogP contribution in [0.25, 0.3) is 0 Å². The number of nitrogens with zero attached hydrogens (tertiary/aromatic N) is 3. The maximum absolute atomic E-state index is 12.5. The van der Waals surface area contributed by atoms with E-state index in [0.29, 0.717) is 18.7 Å². The Hall–Kier alpha value is -1.70. The molecule has 122 valence electrons. The highest BCUT2D eigenvalue weighted by atomic mass is 32.2. The molecule has 2 heterocycles. The summed E-state index contributed by atoms with van der Waals surface area (Å²) in [6.45, 7) is 7.49. The molecule has 0 aromatic carbocycles. The topological polar surface area (TPSA) is 89.5 Å². The lowest BCUT2D eigenvalue weighted by atomic mass is 10.2. The Morgan fingerprint density at radius 1 is 1.41 bits per heavy atom. The molecule has 0 aliphatic carbocycles. The van der Waals surface area contributed by atoms with E-state index in [-0.39, 0.29) is 11.7 Å². The standard InChI is InChI=1S/C14H21N3O4S/c1-10-5-7-15-12(16-10)22(19,20)11-6-8-17(9-11)13(18)21-14(2,3)4/h5,7,11H,6,8-9H2,1-4H3. The first-order chi connectivity index (χ1) is 10.1. The van der Waals surface area contributed by atoms with Crippen LogP contribution in [0.4, 0.5) is 4.79 Å². The van der Waals surface area contributed by atoms with Crippen molar-refractivity contribution in [3.63, 3.8) is 0 Å². The number of ether oxygens (including phenoxy) is 1. The number of hydrogen-bond donors (Lipinski definition) is 0. The van der Waals surface area contributed by atoms with Crippen LogP contribution in [-0.4, -0.2) is 53.3 Å². The SMILES string of the molecule is Cc1ccnc(S(=O)(=O)C2CCN(C(=O)OC(C)(C)C)C2)n1. The molecule has 1 fully saturated rings. The Labute approximate surface area is 130 Å². The molecular weight excluding hydrogens is 306 g/mol. The second-order valence-electron chi connectivity index (χ2n) is 6.36. The molecule has 1 aliphatic rings. The number of sulfone groups is 1. The second kappa shape index (κ2) is 5.83. The summed E-state index contributed by atoms with van der Waals surface area (Å²) >= 11 is 0. The van der Waals surface area contributed by atoms with Gasteiger partial charge in [0.15, 0.2) is 0 Å². The Morgan fingerprint density at radius 2 is 2.09 bits per heavy atom. The third-order valence-corrected chi connectivity index (χ3v) is 5.23. The van der Waals surface area contributed by atoms with E-state index in [1.54, 1.807) is 33.8 Å². The number of likely N-dealkylation sites (tertiary alicyclic amines) is 1. The summed E-state index contributed by atoms with van der Waals surface area (Å²) in [4.78, 5) is 21.3. The van der Waals surface area contributed by atoms with Crippen LogP contribution in [0.2, 0.25) is 0 Å². The van der Waals surface area contributed by atoms with Crippen molar-refractivity contribution in [3.8, 4) is 0 Å². The zero-order valence-corrected chi connectivity index (χ0v) is 14.1. The molecule has 2 rings (SSSR count). The first kappa shape index (κ1) is 16.7. The molecule has 0 radical (unpaired) electrons. The van der Waals surface area contributed by atoms with Gasteiger partial charge in [0, 0.05) is 25.0 Å². The second-order valence-corrected chi connectivity index (χ2v) is 8.48. The summed E-state index contributed by atoms with van der Waals surface area (Å²) in [6.07, 6.45) is 1.30. The third kappa shape index (κ3) is 3.73. The Balaban J connectivity index is 2.11. The summed E-state index contributed by atoms with van der Waals surface area (Å²) in [5.41, 5.74) is -0.0104. The highest BCUT2D eigenvalue weighted by Gasteiger charge is 2.39. The van der Waals surface area contributed by atoms with Gasteiger partial charge in [-0.25, -0.2) is 23.2 Å². The first-order valence-electron chi connectivity index (χ1n) is 7.11. The van der Waals surface area contributed by atoms with E-state index in [9.17, 15) is 13.2 Å². The van der Waals surface area contributed by atoms with Crippen LogP contribution in [0.3, 0.4) is 0 Å². The number of carbonyl (C=O) groups excluding carboxylic acids is 1. The van der Waals surface area contributed by atoms with Gasteiger partial charge >= 0.3 is 6.09 Å². The van der Waals surface area contributed by atoms with Crippen LogP contribution in [0.1, 0.15) is 32.9 Å². The fourth-order valence-electron chi connectivity index (χ4n) is 2.19. The quantitative estimate of drug-likeness (QED) is 0.766. The van der Waals surface area contributed by atoms with Gasteiger partial charge in [0.1, 0.15) is 5.60 Å². The molecule has 7 nitrogen and oxygen atoms in total. The van der Waals surface area contributed by atoms with E-state index in [4.69, 9.17) is 4.74 Å². The van der Waals surface area contributed by atoms with Crippen molar-refractivity contribution < 1.29 is 17.9 Å². The molecule has 1 amide bonds. The Kier molecular flexibility index (Phi) is 4.42. The van der Waals surface area contributed by atoms with Gasteiger partial charge in [0.05, 0.1) is 5.25 Å². The van der Waals surface area contributed by atoms with Crippen molar-refractivity contribution in [3.05, 3.63) is 18.0 Å². The van der Waals surface area contributed by atoms with E-state index in [1.165, 1.54) is 11.1 Å². The zero-order chi connectivity index (χ0) is 16.5. The fraction of sp³-hybridized carbons (Fsp3) is 0.643. The maximum atomic E-state index is 12.5. The third-order valence-electron chi connectivity index (χ3n) is 3.26. The molecule has 0 saturated carbocycles. The van der Waals surface area contributed by atoms with Crippen LogP contribution in [0, 0.1) is 6.92 Å². The van der Waals surface area contributed by atoms with Gasteiger partial charge in [-0.05, 0) is 40.2 Å². The number of carbonyl (C=O) groups is 1. The number of aryl methyl sites for hydroxylation is 1. The van der Waals surface area contributed by atoms with Crippen LogP contribution in [0.15, 0.2) is 17.4 Å². The summed E-state index contributed by atoms with van der Waals surface area (Å²) < 4.78 is 30.3. The van der Waals surface area contributed by atoms with Gasteiger partial charge in [0.25, 0.3) is 0 Å². The van der Waals surface area contributed by atoms with E-state index in [2.05, 4.69) is 9.97 Å². The molecule has 1 saturated heterocycles. The monoisotopic (exact) mass is 327 g/mol. The molecular formula is C14H21N3O4S. The van der Waals surface area contributed by atoms with Crippen molar-refractivity contribution in [2.45, 2.75) is 50.1 Å². The van der Waals surface area contributed by atoms with Gasteiger partial charge in [-0.3, -0.25) is 0 Å². The molecule has 0 bridgehead atoms. The van der Waals surface area contributed by atoms with E-state index in [1.807, 2.05) is 0 Å². The Bertz CT molecular complexity index is 667. The minimum atomic E-state index is -3.64. The van der Waals surface area contributed by atoms with Crippen LogP contribution in [-0.2, 0) is 14.6 Å². The minimum Gasteiger partial charge on any atom is -0.444 e. The number of amides is 1. The average Bonchev–Trinajstić information content (AvgIpc) is 2.87. The molecule has 1 aromatic rings. The van der Waals surface area contributed by atoms with Gasteiger partial charge in [-0.15, -0.1) is 0 Å². The average molecular weight is 327 g/mol. The van der Waals surface area contributed by atoms with E-state index >= 15 is 0 Å². The van der Waals surface area contributed by atoms with E-state index in [0.717, 1.165) is 0 Å². The van der Waals surface area contributed by atoms with Gasteiger partial charge < -0.3 is 9.64 Å². The van der Waals surface area contributed by atoms with Crippen molar-refractivity contribution >= 4 is 15.9 Å². The smallest absolute Gasteiger partial charge is 0.410 e. The summed E-state index contributed by atoms with van der Waals surface area (Å²) in [5, 5.41) is -0.870. The summed E-state index contributed by atoms with van der Waals surface area (Å²) in [5.74, 6) is 0. The lowest BCUT2D eigenvalue weighted by molar-refractivity contribution is 0.0295. The van der Waals surface area contributed by atoms with Crippen LogP contribution < -0.4 is 0 Å². The lowest BCUT2D eigenvalue weighted by Gasteiger charge is -2.24. The molecule has 0 spiro atoms. The summed E-state index contributed by atoms with van der Waals surface area (Å²) in [7, 11) is -3.64. The minimum absolute atomic E-state index is 0.106. The highest BCUT2D eigenvalue weighted by Crippen LogP contribution is 2.23. The van der Waals surface area contributed by atoms with Crippen LogP contribution >= 0.6 is 0 Å². The van der Waals surface area contributed by atoms with Crippen molar-refractivity contribution in [2.24, 2.45) is 0 Å². The van der Waals surface area contributed by atoms with E-state index < -0.39 is 26.8 Å². The normalized spacial score (nSPS) is 19.3. The number of aromatic nitrogens is 2. The largest absolute Gasteiger partial charge is 0.444 e. The van der Waals surface area contributed by atoms with Gasteiger partial charge in [-0.1, -0.05) is 0 Å². The summed E-state index contributed by atoms with van der Waals surface area (Å²) in [6, 6.07) is 1.64. The van der Waals surface area contributed by atoms with Crippen molar-refractivity contribution in [1.29, 1.82) is 0 Å².